The lowest BCUT2D eigenvalue weighted by Gasteiger charge is -2.08. The Labute approximate surface area is 123 Å². The highest BCUT2D eigenvalue weighted by atomic mass is 16.5. The SMILES string of the molecule is COc1ccnc(CC[C@@H](C)c2nc3ncccc3[nH]2)c1. The van der Waals surface area contributed by atoms with Crippen molar-refractivity contribution in [1.82, 2.24) is 19.9 Å². The summed E-state index contributed by atoms with van der Waals surface area (Å²) < 4.78 is 5.22. The zero-order valence-corrected chi connectivity index (χ0v) is 12.2. The van der Waals surface area contributed by atoms with Gasteiger partial charge in [-0.05, 0) is 31.0 Å². The maximum Gasteiger partial charge on any atom is 0.177 e. The Kier molecular flexibility index (Phi) is 3.81. The van der Waals surface area contributed by atoms with E-state index in [-0.39, 0.29) is 0 Å². The topological polar surface area (TPSA) is 63.7 Å². The van der Waals surface area contributed by atoms with Gasteiger partial charge in [-0.3, -0.25) is 4.98 Å². The van der Waals surface area contributed by atoms with Crippen molar-refractivity contribution >= 4 is 11.2 Å². The zero-order valence-electron chi connectivity index (χ0n) is 12.2. The molecule has 21 heavy (non-hydrogen) atoms. The normalized spacial score (nSPS) is 12.5. The van der Waals surface area contributed by atoms with Crippen LogP contribution in [0.2, 0.25) is 0 Å². The van der Waals surface area contributed by atoms with Gasteiger partial charge in [-0.2, -0.15) is 0 Å². The fraction of sp³-hybridized carbons (Fsp3) is 0.312. The van der Waals surface area contributed by atoms with E-state index in [1.807, 2.05) is 24.3 Å². The number of pyridine rings is 2. The molecule has 0 aromatic carbocycles. The molecule has 1 N–H and O–H groups in total. The van der Waals surface area contributed by atoms with E-state index in [1.54, 1.807) is 19.5 Å². The smallest absolute Gasteiger partial charge is 0.177 e. The molecular weight excluding hydrogens is 264 g/mol. The van der Waals surface area contributed by atoms with Crippen LogP contribution in [0.4, 0.5) is 0 Å². The van der Waals surface area contributed by atoms with E-state index in [0.29, 0.717) is 5.92 Å². The molecule has 3 aromatic heterocycles. The van der Waals surface area contributed by atoms with Crippen LogP contribution in [0.1, 0.15) is 30.8 Å². The summed E-state index contributed by atoms with van der Waals surface area (Å²) in [6.07, 6.45) is 5.41. The molecule has 108 valence electrons. The number of nitrogens with zero attached hydrogens (tertiary/aromatic N) is 3. The van der Waals surface area contributed by atoms with E-state index in [9.17, 15) is 0 Å². The quantitative estimate of drug-likeness (QED) is 0.781. The van der Waals surface area contributed by atoms with Crippen molar-refractivity contribution < 1.29 is 4.74 Å². The number of aromatic amines is 1. The van der Waals surface area contributed by atoms with Crippen LogP contribution in [0.3, 0.4) is 0 Å². The van der Waals surface area contributed by atoms with Crippen LogP contribution in [0, 0.1) is 0 Å². The summed E-state index contributed by atoms with van der Waals surface area (Å²) in [4.78, 5) is 16.5. The van der Waals surface area contributed by atoms with Crippen LogP contribution in [0.5, 0.6) is 5.75 Å². The maximum atomic E-state index is 5.22. The van der Waals surface area contributed by atoms with Crippen molar-refractivity contribution in [2.75, 3.05) is 7.11 Å². The predicted molar refractivity (Wildman–Crippen MR) is 81.4 cm³/mol. The molecule has 0 saturated heterocycles. The van der Waals surface area contributed by atoms with Crippen molar-refractivity contribution in [2.24, 2.45) is 0 Å². The minimum absolute atomic E-state index is 0.326. The highest BCUT2D eigenvalue weighted by Crippen LogP contribution is 2.21. The second-order valence-corrected chi connectivity index (χ2v) is 5.12. The summed E-state index contributed by atoms with van der Waals surface area (Å²) in [5.74, 6) is 2.15. The zero-order chi connectivity index (χ0) is 14.7. The van der Waals surface area contributed by atoms with Crippen molar-refractivity contribution in [3.05, 3.63) is 48.2 Å². The maximum absolute atomic E-state index is 5.22. The highest BCUT2D eigenvalue weighted by molar-refractivity contribution is 5.69. The molecule has 0 aliphatic heterocycles. The first-order valence-electron chi connectivity index (χ1n) is 7.06. The average molecular weight is 282 g/mol. The number of aryl methyl sites for hydroxylation is 1. The van der Waals surface area contributed by atoms with Gasteiger partial charge >= 0.3 is 0 Å². The van der Waals surface area contributed by atoms with Crippen LogP contribution in [-0.4, -0.2) is 27.0 Å². The summed E-state index contributed by atoms with van der Waals surface area (Å²) in [7, 11) is 1.67. The third kappa shape index (κ3) is 3.02. The monoisotopic (exact) mass is 282 g/mol. The third-order valence-corrected chi connectivity index (χ3v) is 3.60. The highest BCUT2D eigenvalue weighted by Gasteiger charge is 2.12. The van der Waals surface area contributed by atoms with Gasteiger partial charge in [-0.1, -0.05) is 6.92 Å². The van der Waals surface area contributed by atoms with E-state index < -0.39 is 0 Å². The summed E-state index contributed by atoms with van der Waals surface area (Å²) in [5, 5.41) is 0. The molecular formula is C16H18N4O. The Hall–Kier alpha value is -2.43. The fourth-order valence-corrected chi connectivity index (χ4v) is 2.32. The van der Waals surface area contributed by atoms with E-state index >= 15 is 0 Å². The number of ether oxygens (including phenoxy) is 1. The minimum atomic E-state index is 0.326. The molecule has 0 bridgehead atoms. The number of imidazole rings is 1. The number of fused-ring (bicyclic) bond motifs is 1. The summed E-state index contributed by atoms with van der Waals surface area (Å²) in [6.45, 7) is 2.16. The fourth-order valence-electron chi connectivity index (χ4n) is 2.32. The Balaban J connectivity index is 1.69. The Morgan fingerprint density at radius 2 is 2.14 bits per heavy atom. The second-order valence-electron chi connectivity index (χ2n) is 5.12. The minimum Gasteiger partial charge on any atom is -0.497 e. The molecule has 3 rings (SSSR count). The molecule has 0 aliphatic rings. The number of rotatable bonds is 5. The summed E-state index contributed by atoms with van der Waals surface area (Å²) in [6, 6.07) is 7.75. The number of aromatic nitrogens is 4. The van der Waals surface area contributed by atoms with Gasteiger partial charge in [0.1, 0.15) is 11.6 Å². The number of hydrogen-bond donors (Lipinski definition) is 1. The molecule has 0 unspecified atom stereocenters. The Bertz CT molecular complexity index is 705. The Morgan fingerprint density at radius 3 is 2.95 bits per heavy atom. The molecule has 0 spiro atoms. The molecule has 0 amide bonds. The number of methoxy groups -OCH3 is 1. The Morgan fingerprint density at radius 1 is 1.24 bits per heavy atom. The molecule has 0 aliphatic carbocycles. The first-order chi connectivity index (χ1) is 10.3. The lowest BCUT2D eigenvalue weighted by atomic mass is 10.0. The van der Waals surface area contributed by atoms with Gasteiger partial charge in [0.25, 0.3) is 0 Å². The van der Waals surface area contributed by atoms with Crippen LogP contribution in [0.25, 0.3) is 11.2 Å². The van der Waals surface area contributed by atoms with E-state index in [4.69, 9.17) is 4.74 Å². The standard InChI is InChI=1S/C16H18N4O/c1-11(5-6-12-10-13(21-2)7-9-17-12)15-19-14-4-3-8-18-16(14)20-15/h3-4,7-11H,5-6H2,1-2H3,(H,18,19,20)/t11-/m1/s1. The molecule has 0 fully saturated rings. The molecule has 0 saturated carbocycles. The lowest BCUT2D eigenvalue weighted by Crippen LogP contribution is -2.00. The van der Waals surface area contributed by atoms with Gasteiger partial charge in [-0.15, -0.1) is 0 Å². The van der Waals surface area contributed by atoms with E-state index in [0.717, 1.165) is 41.3 Å². The molecule has 5 heteroatoms. The van der Waals surface area contributed by atoms with Gasteiger partial charge < -0.3 is 9.72 Å². The van der Waals surface area contributed by atoms with Crippen molar-refractivity contribution in [3.8, 4) is 5.75 Å². The van der Waals surface area contributed by atoms with E-state index in [1.165, 1.54) is 0 Å². The molecule has 3 heterocycles. The van der Waals surface area contributed by atoms with Crippen LogP contribution < -0.4 is 4.74 Å². The summed E-state index contributed by atoms with van der Waals surface area (Å²) in [5.41, 5.74) is 2.80. The number of hydrogen-bond acceptors (Lipinski definition) is 4. The lowest BCUT2D eigenvalue weighted by molar-refractivity contribution is 0.413. The van der Waals surface area contributed by atoms with Gasteiger partial charge in [0.2, 0.25) is 0 Å². The third-order valence-electron chi connectivity index (χ3n) is 3.60. The van der Waals surface area contributed by atoms with Gasteiger partial charge in [0.15, 0.2) is 5.65 Å². The van der Waals surface area contributed by atoms with Crippen molar-refractivity contribution in [3.63, 3.8) is 0 Å². The molecule has 5 nitrogen and oxygen atoms in total. The number of H-pyrrole nitrogens is 1. The largest absolute Gasteiger partial charge is 0.497 e. The molecule has 1 atom stereocenters. The second kappa shape index (κ2) is 5.91. The van der Waals surface area contributed by atoms with Crippen molar-refractivity contribution in [1.29, 1.82) is 0 Å². The first kappa shape index (κ1) is 13.5. The van der Waals surface area contributed by atoms with Gasteiger partial charge in [0.05, 0.1) is 12.6 Å². The average Bonchev–Trinajstić information content (AvgIpc) is 2.97. The van der Waals surface area contributed by atoms with Crippen molar-refractivity contribution in [2.45, 2.75) is 25.7 Å². The summed E-state index contributed by atoms with van der Waals surface area (Å²) >= 11 is 0. The number of nitrogens with one attached hydrogen (secondary N) is 1. The molecule has 3 aromatic rings. The predicted octanol–water partition coefficient (Wildman–Crippen LogP) is 3.10. The van der Waals surface area contributed by atoms with E-state index in [2.05, 4.69) is 26.9 Å². The molecule has 0 radical (unpaired) electrons. The van der Waals surface area contributed by atoms with Crippen LogP contribution in [0.15, 0.2) is 36.7 Å². The van der Waals surface area contributed by atoms with Crippen LogP contribution >= 0.6 is 0 Å². The van der Waals surface area contributed by atoms with Gasteiger partial charge in [-0.25, -0.2) is 9.97 Å². The first-order valence-corrected chi connectivity index (χ1v) is 7.06. The van der Waals surface area contributed by atoms with Gasteiger partial charge in [0, 0.05) is 30.1 Å². The van der Waals surface area contributed by atoms with Crippen LogP contribution in [-0.2, 0) is 6.42 Å².